The lowest BCUT2D eigenvalue weighted by Gasteiger charge is -2.40. The molecule has 4 fully saturated rings. The molecule has 330 valence electrons. The van der Waals surface area contributed by atoms with Crippen LogP contribution in [0.2, 0.25) is 5.02 Å². The lowest BCUT2D eigenvalue weighted by molar-refractivity contribution is -0.133. The standard InChI is InChI=1S/C45H58ClN11O5/c1-2-38(58)56-27-28-57(40(60)30-56)41-10-8-35(62-41)7-9-39(59)54-25-23-53(24-26-54)29-32-12-18-52(19-13-32)20-14-37(33-3-5-34(46)6-4-33)51-44(61)45(47)15-21-55(22-16-45)43-36-11-17-48-42(36)49-31-50-43/h2-6,8,10-11,17,31-32,37H,1,7,9,12-16,18-30,47H2,(H,51,61)(H,48,49,50). The van der Waals surface area contributed by atoms with E-state index in [2.05, 4.69) is 41.5 Å². The summed E-state index contributed by atoms with van der Waals surface area (Å²) >= 11 is 6.26. The van der Waals surface area contributed by atoms with E-state index in [0.717, 1.165) is 80.9 Å². The number of likely N-dealkylation sites (tertiary alicyclic amines) is 1. The molecule has 0 bridgehead atoms. The highest BCUT2D eigenvalue weighted by molar-refractivity contribution is 6.30. The monoisotopic (exact) mass is 867 g/mol. The van der Waals surface area contributed by atoms with Gasteiger partial charge in [-0.15, -0.1) is 0 Å². The van der Waals surface area contributed by atoms with Gasteiger partial charge in [-0.3, -0.25) is 29.0 Å². The summed E-state index contributed by atoms with van der Waals surface area (Å²) in [4.78, 5) is 75.8. The second kappa shape index (κ2) is 19.4. The highest BCUT2D eigenvalue weighted by atomic mass is 35.5. The number of H-pyrrole nitrogens is 1. The Bertz CT molecular complexity index is 2200. The summed E-state index contributed by atoms with van der Waals surface area (Å²) in [5.74, 6) is 2.09. The van der Waals surface area contributed by atoms with Crippen LogP contribution in [0.25, 0.3) is 11.0 Å². The van der Waals surface area contributed by atoms with Crippen LogP contribution in [0.15, 0.2) is 72.1 Å². The maximum atomic E-state index is 13.9. The summed E-state index contributed by atoms with van der Waals surface area (Å²) in [5, 5.41) is 4.96. The third kappa shape index (κ3) is 10.1. The zero-order chi connectivity index (χ0) is 43.2. The molecule has 0 aliphatic carbocycles. The van der Waals surface area contributed by atoms with E-state index in [1.807, 2.05) is 47.5 Å². The van der Waals surface area contributed by atoms with Crippen LogP contribution >= 0.6 is 11.6 Å². The number of furan rings is 1. The van der Waals surface area contributed by atoms with Crippen molar-refractivity contribution in [3.05, 3.63) is 84.0 Å². The van der Waals surface area contributed by atoms with E-state index in [4.69, 9.17) is 21.8 Å². The van der Waals surface area contributed by atoms with Crippen molar-refractivity contribution in [1.82, 2.24) is 39.9 Å². The van der Waals surface area contributed by atoms with E-state index in [1.165, 1.54) is 11.0 Å². The van der Waals surface area contributed by atoms with Crippen molar-refractivity contribution < 1.29 is 23.6 Å². The van der Waals surface area contributed by atoms with Crippen molar-refractivity contribution in [3.8, 4) is 0 Å². The number of aryl methyl sites for hydroxylation is 1. The van der Waals surface area contributed by atoms with E-state index in [1.54, 1.807) is 17.3 Å². The highest BCUT2D eigenvalue weighted by Gasteiger charge is 2.39. The number of nitrogens with zero attached hydrogens (tertiary/aromatic N) is 8. The Labute approximate surface area is 367 Å². The number of carbonyl (C=O) groups excluding carboxylic acids is 4. The average Bonchev–Trinajstić information content (AvgIpc) is 3.98. The fourth-order valence-corrected chi connectivity index (χ4v) is 9.41. The first-order valence-electron chi connectivity index (χ1n) is 22.0. The fourth-order valence-electron chi connectivity index (χ4n) is 9.28. The number of anilines is 2. The van der Waals surface area contributed by atoms with Crippen LogP contribution in [0.5, 0.6) is 0 Å². The number of aromatic amines is 1. The van der Waals surface area contributed by atoms with Gasteiger partial charge in [0.15, 0.2) is 0 Å². The van der Waals surface area contributed by atoms with Crippen LogP contribution in [0.4, 0.5) is 11.7 Å². The molecule has 17 heteroatoms. The number of piperidine rings is 2. The maximum Gasteiger partial charge on any atom is 0.248 e. The molecule has 1 atom stereocenters. The van der Waals surface area contributed by atoms with E-state index in [-0.39, 0.29) is 36.2 Å². The van der Waals surface area contributed by atoms with Gasteiger partial charge in [0.25, 0.3) is 0 Å². The van der Waals surface area contributed by atoms with Gasteiger partial charge in [-0.1, -0.05) is 30.3 Å². The molecular formula is C45H58ClN11O5. The second-order valence-electron chi connectivity index (χ2n) is 17.2. The average molecular weight is 868 g/mol. The fraction of sp³-hybridized carbons (Fsp3) is 0.511. The van der Waals surface area contributed by atoms with Gasteiger partial charge in [-0.05, 0) is 87.0 Å². The molecule has 1 unspecified atom stereocenters. The van der Waals surface area contributed by atoms with Crippen molar-refractivity contribution in [1.29, 1.82) is 0 Å². The number of hydrogen-bond donors (Lipinski definition) is 3. The third-order valence-electron chi connectivity index (χ3n) is 13.2. The normalized spacial score (nSPS) is 19.8. The number of benzene rings is 1. The number of nitrogens with two attached hydrogens (primary N) is 1. The highest BCUT2D eigenvalue weighted by Crippen LogP contribution is 2.30. The molecule has 4 aliphatic rings. The Hall–Kier alpha value is -5.29. The Kier molecular flexibility index (Phi) is 13.6. The molecule has 0 saturated carbocycles. The van der Waals surface area contributed by atoms with E-state index < -0.39 is 5.54 Å². The number of amides is 4. The van der Waals surface area contributed by atoms with Crippen LogP contribution < -0.4 is 20.9 Å². The molecule has 1 aromatic carbocycles. The molecule has 0 radical (unpaired) electrons. The largest absolute Gasteiger partial charge is 0.445 e. The Morgan fingerprint density at radius 1 is 0.935 bits per heavy atom. The minimum Gasteiger partial charge on any atom is -0.445 e. The Morgan fingerprint density at radius 3 is 2.40 bits per heavy atom. The molecule has 4 N–H and O–H groups in total. The summed E-state index contributed by atoms with van der Waals surface area (Å²) in [6, 6.07) is 13.1. The van der Waals surface area contributed by atoms with Crippen LogP contribution in [0, 0.1) is 5.92 Å². The lowest BCUT2D eigenvalue weighted by Crippen LogP contribution is -2.60. The molecule has 8 rings (SSSR count). The topological polar surface area (TPSA) is 180 Å². The molecular weight excluding hydrogens is 810 g/mol. The van der Waals surface area contributed by atoms with E-state index in [0.29, 0.717) is 87.5 Å². The molecule has 16 nitrogen and oxygen atoms in total. The second-order valence-corrected chi connectivity index (χ2v) is 17.6. The molecule has 62 heavy (non-hydrogen) atoms. The molecule has 7 heterocycles. The first kappa shape index (κ1) is 43.4. The molecule has 3 aromatic heterocycles. The molecule has 4 aliphatic heterocycles. The van der Waals surface area contributed by atoms with Gasteiger partial charge in [-0.25, -0.2) is 9.97 Å². The minimum absolute atomic E-state index is 0.0121. The van der Waals surface area contributed by atoms with Crippen LogP contribution in [-0.2, 0) is 25.6 Å². The van der Waals surface area contributed by atoms with Crippen LogP contribution in [0.3, 0.4) is 0 Å². The van der Waals surface area contributed by atoms with Gasteiger partial charge in [0.05, 0.1) is 17.0 Å². The number of aromatic nitrogens is 3. The zero-order valence-corrected chi connectivity index (χ0v) is 36.1. The van der Waals surface area contributed by atoms with E-state index >= 15 is 0 Å². The summed E-state index contributed by atoms with van der Waals surface area (Å²) in [5.41, 5.74) is 7.69. The van der Waals surface area contributed by atoms with Gasteiger partial charge in [0, 0.05) is 95.6 Å². The molecule has 4 aromatic rings. The lowest BCUT2D eigenvalue weighted by atomic mass is 9.86. The Morgan fingerprint density at radius 2 is 1.68 bits per heavy atom. The van der Waals surface area contributed by atoms with Gasteiger partial charge in [-0.2, -0.15) is 0 Å². The number of piperazine rings is 2. The van der Waals surface area contributed by atoms with Gasteiger partial charge >= 0.3 is 0 Å². The number of rotatable bonds is 14. The number of halogens is 1. The number of carbonyl (C=O) groups is 4. The molecule has 0 spiro atoms. The van der Waals surface area contributed by atoms with E-state index in [9.17, 15) is 19.2 Å². The van der Waals surface area contributed by atoms with Crippen molar-refractivity contribution in [3.63, 3.8) is 0 Å². The van der Waals surface area contributed by atoms with Gasteiger partial charge in [0.1, 0.15) is 30.1 Å². The van der Waals surface area contributed by atoms with Gasteiger partial charge < -0.3 is 40.1 Å². The predicted molar refractivity (Wildman–Crippen MR) is 238 cm³/mol. The van der Waals surface area contributed by atoms with Crippen molar-refractivity contribution in [2.75, 3.05) is 94.9 Å². The molecule has 4 saturated heterocycles. The quantitative estimate of drug-likeness (QED) is 0.158. The van der Waals surface area contributed by atoms with Crippen molar-refractivity contribution in [2.45, 2.75) is 56.5 Å². The summed E-state index contributed by atoms with van der Waals surface area (Å²) in [6.07, 6.45) is 9.47. The van der Waals surface area contributed by atoms with Crippen molar-refractivity contribution >= 4 is 58.0 Å². The first-order chi connectivity index (χ1) is 30.0. The summed E-state index contributed by atoms with van der Waals surface area (Å²) < 4.78 is 5.95. The van der Waals surface area contributed by atoms with Gasteiger partial charge in [0.2, 0.25) is 29.5 Å². The van der Waals surface area contributed by atoms with Crippen LogP contribution in [-0.4, -0.2) is 149 Å². The minimum atomic E-state index is -0.982. The third-order valence-corrected chi connectivity index (χ3v) is 13.5. The maximum absolute atomic E-state index is 13.9. The first-order valence-corrected chi connectivity index (χ1v) is 22.3. The number of fused-ring (bicyclic) bond motifs is 1. The van der Waals surface area contributed by atoms with Crippen LogP contribution in [0.1, 0.15) is 55.9 Å². The zero-order valence-electron chi connectivity index (χ0n) is 35.4. The number of hydrogen-bond acceptors (Lipinski definition) is 11. The smallest absolute Gasteiger partial charge is 0.248 e. The Balaban J connectivity index is 0.749. The SMILES string of the molecule is C=CC(=O)N1CCN(c2ccc(CCC(=O)N3CCN(CC4CCN(CCC(NC(=O)C5(N)CCN(c6ncnc7[nH]ccc67)CC5)c5ccc(Cl)cc5)CC4)CC3)o2)C(=O)C1. The summed E-state index contributed by atoms with van der Waals surface area (Å²) in [7, 11) is 0. The predicted octanol–water partition coefficient (Wildman–Crippen LogP) is 3.60. The molecule has 4 amide bonds. The summed E-state index contributed by atoms with van der Waals surface area (Å²) in [6.45, 7) is 12.5. The van der Waals surface area contributed by atoms with Crippen molar-refractivity contribution in [2.24, 2.45) is 11.7 Å². The number of nitrogens with one attached hydrogen (secondary N) is 2.